The molecule has 1 spiro atoms. The Morgan fingerprint density at radius 2 is 0.508 bits per heavy atom. The number of rotatable bonds is 5. The molecule has 3 nitrogen and oxygen atoms in total. The molecule has 0 atom stereocenters. The first-order valence-corrected chi connectivity index (χ1v) is 20.9. The van der Waals surface area contributed by atoms with Crippen LogP contribution in [0, 0.1) is 0 Å². The lowest BCUT2D eigenvalue weighted by molar-refractivity contribution is 0.775. The highest BCUT2D eigenvalue weighted by Crippen LogP contribution is 2.61. The SMILES string of the molecule is c1ccc(-c2ccc(-c3nc(-c4ccc(-c5ccccc5)cc4)nc(-c4ccc5c(c4)-c4ccccc4-c4ccccc4C54c5ccccc5-c5ccccc54)n3)cc2)cc1. The van der Waals surface area contributed by atoms with E-state index >= 15 is 0 Å². The molecule has 0 saturated heterocycles. The van der Waals surface area contributed by atoms with Crippen molar-refractivity contribution in [2.45, 2.75) is 5.41 Å². The lowest BCUT2D eigenvalue weighted by Crippen LogP contribution is -2.29. The minimum absolute atomic E-state index is 0.549. The molecule has 0 saturated carbocycles. The van der Waals surface area contributed by atoms with Crippen molar-refractivity contribution in [1.29, 1.82) is 0 Å². The fraction of sp³-hybridized carbons (Fsp3) is 0.0172. The lowest BCUT2D eigenvalue weighted by atomic mass is 9.66. The van der Waals surface area contributed by atoms with Crippen LogP contribution >= 0.6 is 0 Å². The molecule has 1 aromatic heterocycles. The minimum atomic E-state index is -0.549. The van der Waals surface area contributed by atoms with Gasteiger partial charge in [-0.15, -0.1) is 0 Å². The highest BCUT2D eigenvalue weighted by molar-refractivity contribution is 5.98. The third kappa shape index (κ3) is 5.55. The first kappa shape index (κ1) is 35.0. The van der Waals surface area contributed by atoms with E-state index in [-0.39, 0.29) is 0 Å². The van der Waals surface area contributed by atoms with Gasteiger partial charge in [0.15, 0.2) is 17.5 Å². The van der Waals surface area contributed by atoms with E-state index in [1.807, 2.05) is 12.1 Å². The molecule has 0 bridgehead atoms. The number of fused-ring (bicyclic) bond motifs is 12. The third-order valence-electron chi connectivity index (χ3n) is 12.6. The predicted molar refractivity (Wildman–Crippen MR) is 249 cm³/mol. The molecule has 0 aliphatic heterocycles. The highest BCUT2D eigenvalue weighted by atomic mass is 15.0. The smallest absolute Gasteiger partial charge is 0.164 e. The van der Waals surface area contributed by atoms with Crippen molar-refractivity contribution in [2.24, 2.45) is 0 Å². The topological polar surface area (TPSA) is 38.7 Å². The molecular formula is C58H37N3. The maximum atomic E-state index is 5.27. The van der Waals surface area contributed by atoms with Gasteiger partial charge in [-0.25, -0.2) is 15.0 Å². The molecule has 61 heavy (non-hydrogen) atoms. The number of hydrogen-bond acceptors (Lipinski definition) is 3. The van der Waals surface area contributed by atoms with Gasteiger partial charge in [0, 0.05) is 16.7 Å². The number of benzene rings is 9. The zero-order valence-corrected chi connectivity index (χ0v) is 33.2. The number of aromatic nitrogens is 3. The second kappa shape index (κ2) is 14.1. The highest BCUT2D eigenvalue weighted by Gasteiger charge is 2.49. The van der Waals surface area contributed by atoms with Crippen molar-refractivity contribution in [3.8, 4) is 89.8 Å². The summed E-state index contributed by atoms with van der Waals surface area (Å²) in [5.41, 5.74) is 19.4. The van der Waals surface area contributed by atoms with Crippen molar-refractivity contribution in [3.63, 3.8) is 0 Å². The van der Waals surface area contributed by atoms with Crippen LogP contribution in [0.1, 0.15) is 22.3 Å². The van der Waals surface area contributed by atoms with E-state index in [9.17, 15) is 0 Å². The van der Waals surface area contributed by atoms with E-state index in [1.165, 1.54) is 66.8 Å². The Morgan fingerprint density at radius 1 is 0.213 bits per heavy atom. The predicted octanol–water partition coefficient (Wildman–Crippen LogP) is 14.2. The van der Waals surface area contributed by atoms with Crippen LogP contribution in [-0.4, -0.2) is 15.0 Å². The molecule has 10 aromatic rings. The van der Waals surface area contributed by atoms with E-state index in [4.69, 9.17) is 15.0 Å². The van der Waals surface area contributed by atoms with Crippen LogP contribution in [0.2, 0.25) is 0 Å². The summed E-state index contributed by atoms with van der Waals surface area (Å²) in [5.74, 6) is 1.89. The lowest BCUT2D eigenvalue weighted by Gasteiger charge is -2.35. The Hall–Kier alpha value is -8.01. The van der Waals surface area contributed by atoms with Crippen molar-refractivity contribution in [2.75, 3.05) is 0 Å². The van der Waals surface area contributed by atoms with Crippen LogP contribution in [0.5, 0.6) is 0 Å². The molecule has 1 heterocycles. The molecule has 0 fully saturated rings. The molecule has 9 aromatic carbocycles. The summed E-state index contributed by atoms with van der Waals surface area (Å²) < 4.78 is 0. The van der Waals surface area contributed by atoms with Gasteiger partial charge in [0.2, 0.25) is 0 Å². The summed E-state index contributed by atoms with van der Waals surface area (Å²) in [4.78, 5) is 15.7. The molecule has 0 amide bonds. The van der Waals surface area contributed by atoms with Crippen molar-refractivity contribution in [3.05, 3.63) is 247 Å². The molecule has 0 radical (unpaired) electrons. The van der Waals surface area contributed by atoms with Crippen LogP contribution in [0.4, 0.5) is 0 Å². The van der Waals surface area contributed by atoms with Gasteiger partial charge in [0.05, 0.1) is 5.41 Å². The molecule has 0 unspecified atom stereocenters. The second-order valence-electron chi connectivity index (χ2n) is 15.9. The molecule has 3 heteroatoms. The fourth-order valence-corrected chi connectivity index (χ4v) is 9.84. The second-order valence-corrected chi connectivity index (χ2v) is 15.9. The van der Waals surface area contributed by atoms with Gasteiger partial charge >= 0.3 is 0 Å². The summed E-state index contributed by atoms with van der Waals surface area (Å²) in [6.45, 7) is 0. The number of hydrogen-bond donors (Lipinski definition) is 0. The standard InChI is InChI=1S/C58H37N3/c1-3-15-38(16-4-1)40-27-31-42(32-28-40)55-59-56(43-33-29-41(30-34-43)39-17-5-2-6-18-39)61-57(60-55)44-35-36-54-50(37-44)46-20-8-7-19-45(46)47-21-9-12-24-51(47)58(54)52-25-13-10-22-48(52)49-23-11-14-26-53(49)58/h1-37H. The Bertz CT molecular complexity index is 3130. The van der Waals surface area contributed by atoms with Gasteiger partial charge in [-0.1, -0.05) is 218 Å². The van der Waals surface area contributed by atoms with E-state index in [2.05, 4.69) is 212 Å². The zero-order valence-electron chi connectivity index (χ0n) is 33.2. The minimum Gasteiger partial charge on any atom is -0.208 e. The molecular weight excluding hydrogens is 739 g/mol. The average Bonchev–Trinajstić information content (AvgIpc) is 3.59. The summed E-state index contributed by atoms with van der Waals surface area (Å²) in [7, 11) is 0. The van der Waals surface area contributed by atoms with Crippen LogP contribution in [0.15, 0.2) is 224 Å². The normalized spacial score (nSPS) is 12.7. The Labute approximate surface area is 355 Å². The summed E-state index contributed by atoms with van der Waals surface area (Å²) in [6, 6.07) is 80.6. The largest absolute Gasteiger partial charge is 0.208 e. The van der Waals surface area contributed by atoms with Crippen molar-refractivity contribution < 1.29 is 0 Å². The van der Waals surface area contributed by atoms with Crippen LogP contribution in [0.25, 0.3) is 89.8 Å². The first-order chi connectivity index (χ1) is 30.2. The van der Waals surface area contributed by atoms with E-state index in [1.54, 1.807) is 0 Å². The van der Waals surface area contributed by atoms with E-state index in [0.29, 0.717) is 17.5 Å². The van der Waals surface area contributed by atoms with Gasteiger partial charge in [-0.2, -0.15) is 0 Å². The summed E-state index contributed by atoms with van der Waals surface area (Å²) in [5, 5.41) is 0. The zero-order chi connectivity index (χ0) is 40.3. The van der Waals surface area contributed by atoms with Crippen LogP contribution in [0.3, 0.4) is 0 Å². The van der Waals surface area contributed by atoms with Crippen molar-refractivity contribution >= 4 is 0 Å². The van der Waals surface area contributed by atoms with E-state index < -0.39 is 5.41 Å². The van der Waals surface area contributed by atoms with Crippen LogP contribution < -0.4 is 0 Å². The summed E-state index contributed by atoms with van der Waals surface area (Å²) in [6.07, 6.45) is 0. The molecule has 2 aliphatic rings. The summed E-state index contributed by atoms with van der Waals surface area (Å²) >= 11 is 0. The monoisotopic (exact) mass is 775 g/mol. The van der Waals surface area contributed by atoms with Gasteiger partial charge in [-0.05, 0) is 84.0 Å². The average molecular weight is 776 g/mol. The molecule has 2 aliphatic carbocycles. The Balaban J connectivity index is 1.08. The maximum Gasteiger partial charge on any atom is 0.164 e. The Morgan fingerprint density at radius 3 is 0.967 bits per heavy atom. The third-order valence-corrected chi connectivity index (χ3v) is 12.6. The number of nitrogens with zero attached hydrogens (tertiary/aromatic N) is 3. The van der Waals surface area contributed by atoms with Crippen LogP contribution in [-0.2, 0) is 5.41 Å². The van der Waals surface area contributed by atoms with Gasteiger partial charge in [-0.3, -0.25) is 0 Å². The Kier molecular flexibility index (Phi) is 8.07. The quantitative estimate of drug-likeness (QED) is 0.175. The van der Waals surface area contributed by atoms with Gasteiger partial charge in [0.1, 0.15) is 0 Å². The van der Waals surface area contributed by atoms with Gasteiger partial charge < -0.3 is 0 Å². The van der Waals surface area contributed by atoms with Gasteiger partial charge in [0.25, 0.3) is 0 Å². The fourth-order valence-electron chi connectivity index (χ4n) is 9.84. The molecule has 284 valence electrons. The van der Waals surface area contributed by atoms with E-state index in [0.717, 1.165) is 27.8 Å². The first-order valence-electron chi connectivity index (χ1n) is 20.9. The molecule has 0 N–H and O–H groups in total. The molecule has 12 rings (SSSR count). The maximum absolute atomic E-state index is 5.27. The van der Waals surface area contributed by atoms with Crippen molar-refractivity contribution in [1.82, 2.24) is 15.0 Å².